The molecule has 45 heavy (non-hydrogen) atoms. The summed E-state index contributed by atoms with van der Waals surface area (Å²) in [5, 5.41) is 5.98. The van der Waals surface area contributed by atoms with Crippen molar-refractivity contribution in [2.75, 3.05) is 11.9 Å². The van der Waals surface area contributed by atoms with E-state index in [0.717, 1.165) is 59.4 Å². The first-order valence-corrected chi connectivity index (χ1v) is 15.7. The fourth-order valence-corrected chi connectivity index (χ4v) is 6.16. The number of amides is 2. The van der Waals surface area contributed by atoms with Crippen molar-refractivity contribution in [3.63, 3.8) is 0 Å². The van der Waals surface area contributed by atoms with Gasteiger partial charge in [-0.25, -0.2) is 14.8 Å². The molecule has 3 aromatic heterocycles. The van der Waals surface area contributed by atoms with Crippen LogP contribution in [-0.2, 0) is 16.0 Å². The minimum Gasteiger partial charge on any atom is -0.344 e. The molecule has 0 spiro atoms. The Kier molecular flexibility index (Phi) is 8.53. The summed E-state index contributed by atoms with van der Waals surface area (Å²) in [5.41, 5.74) is 12.6. The van der Waals surface area contributed by atoms with Crippen LogP contribution in [0.5, 0.6) is 0 Å². The second-order valence-corrected chi connectivity index (χ2v) is 12.5. The van der Waals surface area contributed by atoms with Crippen LogP contribution >= 0.6 is 0 Å². The van der Waals surface area contributed by atoms with Gasteiger partial charge in [0.25, 0.3) is 0 Å². The van der Waals surface area contributed by atoms with E-state index in [1.54, 1.807) is 18.2 Å². The van der Waals surface area contributed by atoms with Crippen LogP contribution in [0, 0.1) is 18.8 Å². The summed E-state index contributed by atoms with van der Waals surface area (Å²) in [4.78, 5) is 57.0. The first-order chi connectivity index (χ1) is 21.7. The number of benzene rings is 2. The molecule has 0 radical (unpaired) electrons. The van der Waals surface area contributed by atoms with Crippen LogP contribution in [-0.4, -0.2) is 49.3 Å². The van der Waals surface area contributed by atoms with Crippen LogP contribution in [0.15, 0.2) is 53.3 Å². The van der Waals surface area contributed by atoms with Gasteiger partial charge in [0.15, 0.2) is 5.65 Å². The van der Waals surface area contributed by atoms with Gasteiger partial charge in [-0.15, -0.1) is 0 Å². The first-order valence-electron chi connectivity index (χ1n) is 15.7. The zero-order valence-electron chi connectivity index (χ0n) is 25.9. The number of fused-ring (bicyclic) bond motifs is 2. The van der Waals surface area contributed by atoms with Crippen molar-refractivity contribution in [3.05, 3.63) is 76.0 Å². The summed E-state index contributed by atoms with van der Waals surface area (Å²) in [7, 11) is 0. The molecule has 1 aliphatic rings. The summed E-state index contributed by atoms with van der Waals surface area (Å²) in [5.74, 6) is 1.04. The maximum absolute atomic E-state index is 13.6. The summed E-state index contributed by atoms with van der Waals surface area (Å²) < 4.78 is 0. The molecule has 11 heteroatoms. The van der Waals surface area contributed by atoms with Gasteiger partial charge in [-0.3, -0.25) is 9.59 Å². The van der Waals surface area contributed by atoms with Crippen molar-refractivity contribution >= 4 is 39.7 Å². The van der Waals surface area contributed by atoms with Crippen molar-refractivity contribution < 1.29 is 9.59 Å². The second kappa shape index (κ2) is 12.7. The molecule has 0 bridgehead atoms. The van der Waals surface area contributed by atoms with Gasteiger partial charge in [-0.1, -0.05) is 38.1 Å². The van der Waals surface area contributed by atoms with E-state index in [1.807, 2.05) is 31.2 Å². The van der Waals surface area contributed by atoms with E-state index < -0.39 is 6.04 Å². The molecule has 2 amide bonds. The Morgan fingerprint density at radius 2 is 1.67 bits per heavy atom. The third kappa shape index (κ3) is 6.68. The molecule has 234 valence electrons. The van der Waals surface area contributed by atoms with Gasteiger partial charge in [0.1, 0.15) is 11.9 Å². The molecule has 1 saturated carbocycles. The molecule has 2 aromatic carbocycles. The highest BCUT2D eigenvalue weighted by Crippen LogP contribution is 2.29. The molecule has 1 unspecified atom stereocenters. The maximum atomic E-state index is 13.6. The van der Waals surface area contributed by atoms with E-state index in [-0.39, 0.29) is 29.3 Å². The van der Waals surface area contributed by atoms with Crippen molar-refractivity contribution in [2.24, 2.45) is 17.6 Å². The number of aromatic nitrogens is 5. The molecule has 1 aliphatic carbocycles. The monoisotopic (exact) mass is 608 g/mol. The molecule has 11 nitrogen and oxygen atoms in total. The van der Waals surface area contributed by atoms with Crippen LogP contribution in [0.4, 0.5) is 5.69 Å². The number of hydrogen-bond donors (Lipinski definition) is 6. The number of rotatable bonds is 9. The Balaban J connectivity index is 1.22. The first kappa shape index (κ1) is 30.3. The predicted molar refractivity (Wildman–Crippen MR) is 176 cm³/mol. The third-order valence-corrected chi connectivity index (χ3v) is 8.86. The summed E-state index contributed by atoms with van der Waals surface area (Å²) in [6, 6.07) is 14.4. The van der Waals surface area contributed by atoms with E-state index in [9.17, 15) is 14.4 Å². The minimum absolute atomic E-state index is 0.111. The van der Waals surface area contributed by atoms with Crippen LogP contribution in [0.25, 0.3) is 33.5 Å². The number of pyridine rings is 1. The van der Waals surface area contributed by atoms with Gasteiger partial charge >= 0.3 is 5.69 Å². The Hall–Kier alpha value is -4.77. The molecule has 0 saturated heterocycles. The zero-order chi connectivity index (χ0) is 31.7. The molecule has 1 atom stereocenters. The molecular formula is C34H40N8O3. The number of aryl methyl sites for hydroxylation is 1. The highest BCUT2D eigenvalue weighted by Gasteiger charge is 2.29. The van der Waals surface area contributed by atoms with Crippen molar-refractivity contribution in [2.45, 2.75) is 64.8 Å². The number of anilines is 1. The van der Waals surface area contributed by atoms with Crippen LogP contribution < -0.4 is 22.1 Å². The zero-order valence-corrected chi connectivity index (χ0v) is 25.9. The molecule has 5 aromatic rings. The number of carbonyl (C=O) groups is 2. The number of hydrogen-bond acceptors (Lipinski definition) is 6. The van der Waals surface area contributed by atoms with Crippen LogP contribution in [0.3, 0.4) is 0 Å². The van der Waals surface area contributed by atoms with E-state index in [0.29, 0.717) is 41.3 Å². The standard InChI is InChI=1S/C34H40N8O3/c1-18(2)30-37-27-14-19(3)29(41-31(27)42-30)22-8-4-20(5-9-22)15-28(38-32(43)23-10-6-21(17-35)7-11-23)33(44)36-24-12-13-25-26(16-24)40-34(45)39-25/h4-5,8-9,12-14,16,18,21,23,28H,6-7,10-11,15,17,35H2,1-3H3,(H,36,44)(H,38,43)(H,37,41,42)(H2,39,40,45). The summed E-state index contributed by atoms with van der Waals surface area (Å²) in [6.45, 7) is 6.85. The fourth-order valence-electron chi connectivity index (χ4n) is 6.16. The molecule has 7 N–H and O–H groups in total. The molecule has 0 aliphatic heterocycles. The fraction of sp³-hybridized carbons (Fsp3) is 0.382. The number of nitrogens with one attached hydrogen (secondary N) is 5. The Morgan fingerprint density at radius 1 is 0.933 bits per heavy atom. The van der Waals surface area contributed by atoms with E-state index in [1.165, 1.54) is 0 Å². The average Bonchev–Trinajstić information content (AvgIpc) is 3.62. The lowest BCUT2D eigenvalue weighted by molar-refractivity contribution is -0.130. The lowest BCUT2D eigenvalue weighted by atomic mass is 9.81. The van der Waals surface area contributed by atoms with Crippen molar-refractivity contribution in [1.29, 1.82) is 0 Å². The Morgan fingerprint density at radius 3 is 2.38 bits per heavy atom. The van der Waals surface area contributed by atoms with Crippen molar-refractivity contribution in [3.8, 4) is 11.3 Å². The van der Waals surface area contributed by atoms with Crippen molar-refractivity contribution in [1.82, 2.24) is 30.2 Å². The lowest BCUT2D eigenvalue weighted by Crippen LogP contribution is -2.48. The minimum atomic E-state index is -0.800. The maximum Gasteiger partial charge on any atom is 0.323 e. The third-order valence-electron chi connectivity index (χ3n) is 8.86. The van der Waals surface area contributed by atoms with Gasteiger partial charge in [0.05, 0.1) is 22.2 Å². The summed E-state index contributed by atoms with van der Waals surface area (Å²) >= 11 is 0. The van der Waals surface area contributed by atoms with E-state index in [4.69, 9.17) is 10.7 Å². The number of carbonyl (C=O) groups excluding carboxylic acids is 2. The predicted octanol–water partition coefficient (Wildman–Crippen LogP) is 4.66. The summed E-state index contributed by atoms with van der Waals surface area (Å²) in [6.07, 6.45) is 3.66. The molecule has 6 rings (SSSR count). The number of aromatic amines is 3. The topological polar surface area (TPSA) is 174 Å². The average molecular weight is 609 g/mol. The quantitative estimate of drug-likeness (QED) is 0.142. The molecular weight excluding hydrogens is 568 g/mol. The van der Waals surface area contributed by atoms with Gasteiger partial charge < -0.3 is 31.3 Å². The van der Waals surface area contributed by atoms with Crippen LogP contribution in [0.1, 0.15) is 62.4 Å². The molecule has 1 fully saturated rings. The lowest BCUT2D eigenvalue weighted by Gasteiger charge is -2.28. The number of H-pyrrole nitrogens is 3. The number of nitrogens with two attached hydrogens (primary N) is 1. The highest BCUT2D eigenvalue weighted by atomic mass is 16.2. The Bertz CT molecular complexity index is 1890. The number of imidazole rings is 2. The van der Waals surface area contributed by atoms with Gasteiger partial charge in [0.2, 0.25) is 11.8 Å². The van der Waals surface area contributed by atoms with E-state index in [2.05, 4.69) is 50.5 Å². The number of nitrogens with zero attached hydrogens (tertiary/aromatic N) is 2. The molecule has 3 heterocycles. The van der Waals surface area contributed by atoms with Gasteiger partial charge in [-0.05, 0) is 80.5 Å². The highest BCUT2D eigenvalue weighted by molar-refractivity contribution is 5.98. The van der Waals surface area contributed by atoms with Gasteiger partial charge in [0, 0.05) is 29.5 Å². The largest absolute Gasteiger partial charge is 0.344 e. The van der Waals surface area contributed by atoms with E-state index >= 15 is 0 Å². The second-order valence-electron chi connectivity index (χ2n) is 12.5. The van der Waals surface area contributed by atoms with Gasteiger partial charge in [-0.2, -0.15) is 0 Å². The smallest absolute Gasteiger partial charge is 0.323 e. The SMILES string of the molecule is Cc1cc2[nH]c(C(C)C)nc2nc1-c1ccc(CC(NC(=O)C2CCC(CN)CC2)C(=O)Nc2ccc3[nH]c(=O)[nH]c3c2)cc1. The van der Waals surface area contributed by atoms with Crippen LogP contribution in [0.2, 0.25) is 0 Å². The Labute approximate surface area is 260 Å². The normalized spacial score (nSPS) is 17.5.